The third kappa shape index (κ3) is 3.50. The Morgan fingerprint density at radius 1 is 1.33 bits per heavy atom. The fraction of sp³-hybridized carbons (Fsp3) is 0.500. The zero-order chi connectivity index (χ0) is 18.0. The van der Waals surface area contributed by atoms with Gasteiger partial charge in [-0.3, -0.25) is 0 Å². The van der Waals surface area contributed by atoms with E-state index in [2.05, 4.69) is 4.99 Å². The van der Waals surface area contributed by atoms with Gasteiger partial charge in [0.15, 0.2) is 0 Å². The molecule has 0 aromatic heterocycles. The SMILES string of the molecule is CO[C@](C(=O)[Se]C1=N[C@H](C(C)C)CO1)(c1ccccc1)C(F)(F)F. The van der Waals surface area contributed by atoms with Crippen LogP contribution in [0.15, 0.2) is 35.3 Å². The number of carbonyl (C=O) groups is 1. The predicted molar refractivity (Wildman–Crippen MR) is 84.0 cm³/mol. The van der Waals surface area contributed by atoms with Gasteiger partial charge >= 0.3 is 144 Å². The molecule has 1 aliphatic heterocycles. The summed E-state index contributed by atoms with van der Waals surface area (Å²) in [7, 11) is 0.892. The van der Waals surface area contributed by atoms with Crippen molar-refractivity contribution in [3.8, 4) is 0 Å². The van der Waals surface area contributed by atoms with Gasteiger partial charge in [-0.1, -0.05) is 0 Å². The number of ether oxygens (including phenoxy) is 2. The summed E-state index contributed by atoms with van der Waals surface area (Å²) in [5.41, 5.74) is -3.25. The van der Waals surface area contributed by atoms with Crippen LogP contribution in [0.3, 0.4) is 0 Å². The molecular formula is C16H18F3NO3Se. The molecule has 0 aliphatic carbocycles. The van der Waals surface area contributed by atoms with Crippen molar-refractivity contribution in [2.24, 2.45) is 10.9 Å². The first kappa shape index (κ1) is 19.0. The van der Waals surface area contributed by atoms with Crippen molar-refractivity contribution in [3.05, 3.63) is 35.9 Å². The van der Waals surface area contributed by atoms with Gasteiger partial charge in [0.2, 0.25) is 0 Å². The van der Waals surface area contributed by atoms with Crippen LogP contribution in [0.25, 0.3) is 0 Å². The number of hydrogen-bond donors (Lipinski definition) is 0. The van der Waals surface area contributed by atoms with Crippen molar-refractivity contribution in [3.63, 3.8) is 0 Å². The summed E-state index contributed by atoms with van der Waals surface area (Å²) in [5, 5.41) is 0. The van der Waals surface area contributed by atoms with Crippen molar-refractivity contribution >= 4 is 24.4 Å². The summed E-state index contributed by atoms with van der Waals surface area (Å²) >= 11 is -1.23. The molecule has 1 aromatic rings. The second kappa shape index (κ2) is 7.25. The molecule has 0 unspecified atom stereocenters. The zero-order valence-corrected chi connectivity index (χ0v) is 15.2. The summed E-state index contributed by atoms with van der Waals surface area (Å²) in [5.74, 6) is 0.192. The summed E-state index contributed by atoms with van der Waals surface area (Å²) in [6, 6.07) is 6.79. The first-order valence-electron chi connectivity index (χ1n) is 7.32. The second-order valence-corrected chi connectivity index (χ2v) is 7.59. The maximum atomic E-state index is 13.8. The molecule has 1 aliphatic rings. The van der Waals surface area contributed by atoms with Gasteiger partial charge in [0.25, 0.3) is 0 Å². The van der Waals surface area contributed by atoms with Crippen LogP contribution < -0.4 is 0 Å². The van der Waals surface area contributed by atoms with E-state index in [9.17, 15) is 18.0 Å². The molecule has 4 nitrogen and oxygen atoms in total. The number of methoxy groups -OCH3 is 1. The number of aliphatic imine (C=N–C) groups is 1. The van der Waals surface area contributed by atoms with Crippen LogP contribution in [0.1, 0.15) is 19.4 Å². The minimum absolute atomic E-state index is 0.0906. The van der Waals surface area contributed by atoms with Crippen LogP contribution in [-0.2, 0) is 19.9 Å². The average Bonchev–Trinajstić information content (AvgIpc) is 2.97. The molecule has 0 fully saturated rings. The Morgan fingerprint density at radius 2 is 1.96 bits per heavy atom. The number of halogens is 3. The Hall–Kier alpha value is -1.37. The van der Waals surface area contributed by atoms with E-state index in [1.165, 1.54) is 24.3 Å². The molecule has 0 amide bonds. The van der Waals surface area contributed by atoms with Crippen LogP contribution in [0, 0.1) is 5.92 Å². The Kier molecular flexibility index (Phi) is 5.73. The van der Waals surface area contributed by atoms with E-state index in [1.807, 2.05) is 13.8 Å². The van der Waals surface area contributed by atoms with E-state index < -0.39 is 31.4 Å². The summed E-state index contributed by atoms with van der Waals surface area (Å²) < 4.78 is 50.3. The van der Waals surface area contributed by atoms with E-state index in [-0.39, 0.29) is 22.3 Å². The molecular weight excluding hydrogens is 390 g/mol. The average molecular weight is 408 g/mol. The second-order valence-electron chi connectivity index (χ2n) is 5.66. The molecule has 2 rings (SSSR count). The van der Waals surface area contributed by atoms with Crippen molar-refractivity contribution in [2.45, 2.75) is 31.7 Å². The summed E-state index contributed by atoms with van der Waals surface area (Å²) in [4.78, 5) is 16.9. The molecule has 0 bridgehead atoms. The molecule has 24 heavy (non-hydrogen) atoms. The molecule has 0 spiro atoms. The molecule has 8 heteroatoms. The van der Waals surface area contributed by atoms with E-state index in [1.54, 1.807) is 6.07 Å². The first-order chi connectivity index (χ1) is 11.2. The number of rotatable bonds is 6. The van der Waals surface area contributed by atoms with Gasteiger partial charge in [-0.2, -0.15) is 0 Å². The van der Waals surface area contributed by atoms with Gasteiger partial charge in [0, 0.05) is 0 Å². The normalized spacial score (nSPS) is 20.5. The Balaban J connectivity index is 2.35. The maximum absolute atomic E-state index is 13.8. The predicted octanol–water partition coefficient (Wildman–Crippen LogP) is 2.73. The molecule has 0 radical (unpaired) electrons. The van der Waals surface area contributed by atoms with Crippen LogP contribution in [0.4, 0.5) is 13.2 Å². The summed E-state index contributed by atoms with van der Waals surface area (Å²) in [6.45, 7) is 4.17. The topological polar surface area (TPSA) is 47.9 Å². The Labute approximate surface area is 144 Å². The number of benzene rings is 1. The van der Waals surface area contributed by atoms with Crippen molar-refractivity contribution in [1.82, 2.24) is 0 Å². The third-order valence-electron chi connectivity index (χ3n) is 3.77. The zero-order valence-electron chi connectivity index (χ0n) is 13.5. The van der Waals surface area contributed by atoms with Gasteiger partial charge in [-0.25, -0.2) is 0 Å². The van der Waals surface area contributed by atoms with Gasteiger partial charge < -0.3 is 0 Å². The first-order valence-corrected chi connectivity index (χ1v) is 9.04. The molecule has 0 saturated heterocycles. The van der Waals surface area contributed by atoms with E-state index in [0.29, 0.717) is 6.61 Å². The standard InChI is InChI=1S/C16H18F3NO3Se/c1-10(2)12-9-23-14(20-12)24-13(21)15(22-3,16(17,18)19)11-7-5-4-6-8-11/h4-8,10,12H,9H2,1-3H3/t12-,15-/m0/s1. The van der Waals surface area contributed by atoms with Gasteiger partial charge in [-0.05, 0) is 0 Å². The molecule has 1 aromatic carbocycles. The van der Waals surface area contributed by atoms with Gasteiger partial charge in [0.05, 0.1) is 0 Å². The van der Waals surface area contributed by atoms with E-state index in [4.69, 9.17) is 9.47 Å². The molecule has 1 heterocycles. The molecule has 0 saturated carbocycles. The van der Waals surface area contributed by atoms with Crippen LogP contribution in [-0.4, -0.2) is 50.4 Å². The van der Waals surface area contributed by atoms with E-state index in [0.717, 1.165) is 7.11 Å². The van der Waals surface area contributed by atoms with Crippen LogP contribution in [0.2, 0.25) is 0 Å². The van der Waals surface area contributed by atoms with Crippen LogP contribution >= 0.6 is 0 Å². The minimum atomic E-state index is -4.89. The van der Waals surface area contributed by atoms with Crippen molar-refractivity contribution in [1.29, 1.82) is 0 Å². The quantitative estimate of drug-likeness (QED) is 0.681. The van der Waals surface area contributed by atoms with Gasteiger partial charge in [0.1, 0.15) is 0 Å². The number of alkyl halides is 3. The fourth-order valence-electron chi connectivity index (χ4n) is 2.30. The fourth-order valence-corrected chi connectivity index (χ4v) is 4.26. The van der Waals surface area contributed by atoms with E-state index >= 15 is 0 Å². The van der Waals surface area contributed by atoms with Crippen LogP contribution in [0.5, 0.6) is 0 Å². The van der Waals surface area contributed by atoms with Gasteiger partial charge in [-0.15, -0.1) is 0 Å². The third-order valence-corrected chi connectivity index (χ3v) is 5.60. The monoisotopic (exact) mass is 409 g/mol. The number of hydrogen-bond acceptors (Lipinski definition) is 4. The molecule has 0 N–H and O–H groups in total. The Morgan fingerprint density at radius 3 is 2.42 bits per heavy atom. The van der Waals surface area contributed by atoms with Crippen molar-refractivity contribution in [2.75, 3.05) is 13.7 Å². The van der Waals surface area contributed by atoms with Crippen molar-refractivity contribution < 1.29 is 27.4 Å². The summed E-state index contributed by atoms with van der Waals surface area (Å²) in [6.07, 6.45) is -4.89. The molecule has 2 atom stereocenters. The Bertz CT molecular complexity index is 619. The number of carbonyl (C=O) groups excluding carboxylic acids is 1. The number of nitrogens with zero attached hydrogens (tertiary/aromatic N) is 1. The molecule has 132 valence electrons.